The number of aliphatic hydroxyl groups is 1. The molecule has 0 saturated carbocycles. The number of hydrogen-bond acceptors (Lipinski definition) is 4. The highest BCUT2D eigenvalue weighted by atomic mass is 32.1. The summed E-state index contributed by atoms with van der Waals surface area (Å²) >= 11 is 1.47. The third-order valence-electron chi connectivity index (χ3n) is 4.78. The minimum Gasteiger partial charge on any atom is -0.387 e. The Bertz CT molecular complexity index is 918. The molecule has 0 saturated heterocycles. The number of aliphatic hydroxyl groups excluding tert-OH is 1. The maximum Gasteiger partial charge on any atom is 0.184 e. The zero-order chi connectivity index (χ0) is 19.4. The van der Waals surface area contributed by atoms with Crippen LogP contribution in [0.5, 0.6) is 0 Å². The molecule has 0 aliphatic carbocycles. The van der Waals surface area contributed by atoms with Crippen molar-refractivity contribution in [2.45, 2.75) is 11.6 Å². The number of benzene rings is 3. The molecule has 4 rings (SSSR count). The van der Waals surface area contributed by atoms with E-state index in [0.717, 1.165) is 21.8 Å². The summed E-state index contributed by atoms with van der Waals surface area (Å²) in [7, 11) is 0. The van der Waals surface area contributed by atoms with Crippen LogP contribution in [0.2, 0.25) is 0 Å². The molecular weight excluding hydrogens is 364 g/mol. The Kier molecular flexibility index (Phi) is 5.24. The number of anilines is 1. The van der Waals surface area contributed by atoms with Crippen LogP contribution in [0.15, 0.2) is 96.4 Å². The number of hydrogen-bond donors (Lipinski definition) is 2. The lowest BCUT2D eigenvalue weighted by Gasteiger charge is -2.36. The van der Waals surface area contributed by atoms with Crippen molar-refractivity contribution >= 4 is 16.5 Å². The number of nitrogens with one attached hydrogen (secondary N) is 1. The Balaban J connectivity index is 1.95. The van der Waals surface area contributed by atoms with Crippen LogP contribution >= 0.6 is 11.3 Å². The molecule has 4 aromatic rings. The maximum absolute atomic E-state index is 9.79. The van der Waals surface area contributed by atoms with Crippen molar-refractivity contribution in [2.24, 2.45) is 0 Å². The van der Waals surface area contributed by atoms with E-state index in [1.807, 2.05) is 60.0 Å². The SMILES string of the molecule is [CH2]C(O)c1csc(NC(c2ccccc2)(c2ccccc2)c2ccccc2)n1. The first kappa shape index (κ1) is 18.4. The van der Waals surface area contributed by atoms with Crippen molar-refractivity contribution in [2.75, 3.05) is 5.32 Å². The Morgan fingerprint density at radius 1 is 0.786 bits per heavy atom. The highest BCUT2D eigenvalue weighted by Gasteiger charge is 2.37. The molecule has 0 aliphatic heterocycles. The number of nitrogens with zero attached hydrogens (tertiary/aromatic N) is 1. The lowest BCUT2D eigenvalue weighted by Crippen LogP contribution is -2.38. The van der Waals surface area contributed by atoms with E-state index in [1.165, 1.54) is 11.3 Å². The predicted molar refractivity (Wildman–Crippen MR) is 115 cm³/mol. The van der Waals surface area contributed by atoms with Crippen LogP contribution in [-0.2, 0) is 5.54 Å². The largest absolute Gasteiger partial charge is 0.387 e. The molecule has 28 heavy (non-hydrogen) atoms. The van der Waals surface area contributed by atoms with Crippen molar-refractivity contribution in [1.29, 1.82) is 0 Å². The molecule has 0 spiro atoms. The summed E-state index contributed by atoms with van der Waals surface area (Å²) in [5, 5.41) is 16.0. The van der Waals surface area contributed by atoms with Gasteiger partial charge < -0.3 is 10.4 Å². The van der Waals surface area contributed by atoms with Gasteiger partial charge in [0.15, 0.2) is 5.13 Å². The molecular formula is C24H21N2OS. The van der Waals surface area contributed by atoms with Crippen LogP contribution in [0.4, 0.5) is 5.13 Å². The summed E-state index contributed by atoms with van der Waals surface area (Å²) in [5.74, 6) is 0. The third kappa shape index (κ3) is 3.44. The van der Waals surface area contributed by atoms with Gasteiger partial charge in [-0.25, -0.2) is 4.98 Å². The van der Waals surface area contributed by atoms with Crippen molar-refractivity contribution in [3.05, 3.63) is 126 Å². The Morgan fingerprint density at radius 2 is 1.21 bits per heavy atom. The highest BCUT2D eigenvalue weighted by Crippen LogP contribution is 2.40. The molecule has 1 unspecified atom stereocenters. The van der Waals surface area contributed by atoms with Gasteiger partial charge in [-0.15, -0.1) is 11.3 Å². The second kappa shape index (κ2) is 7.97. The molecule has 0 amide bonds. The lowest BCUT2D eigenvalue weighted by molar-refractivity contribution is 0.222. The molecule has 0 fully saturated rings. The minimum atomic E-state index is -0.841. The van der Waals surface area contributed by atoms with Crippen LogP contribution < -0.4 is 5.32 Å². The quantitative estimate of drug-likeness (QED) is 0.436. The van der Waals surface area contributed by atoms with Gasteiger partial charge >= 0.3 is 0 Å². The standard InChI is InChI=1S/C24H21N2OS/c1-18(27)22-17-28-23(25-22)26-24(19-11-5-2-6-12-19,20-13-7-3-8-14-20)21-15-9-4-10-16-21/h2-18,27H,1H2,(H,25,26). The van der Waals surface area contributed by atoms with E-state index in [-0.39, 0.29) is 0 Å². The second-order valence-corrected chi connectivity index (χ2v) is 7.42. The highest BCUT2D eigenvalue weighted by molar-refractivity contribution is 7.13. The van der Waals surface area contributed by atoms with Gasteiger partial charge in [-0.3, -0.25) is 0 Å². The Hall–Kier alpha value is -2.95. The van der Waals surface area contributed by atoms with Crippen molar-refractivity contribution in [3.8, 4) is 0 Å². The van der Waals surface area contributed by atoms with Gasteiger partial charge in [-0.1, -0.05) is 91.0 Å². The Labute approximate surface area is 169 Å². The summed E-state index contributed by atoms with van der Waals surface area (Å²) in [4.78, 5) is 4.57. The number of rotatable bonds is 6. The average Bonchev–Trinajstić information content (AvgIpc) is 3.23. The summed E-state index contributed by atoms with van der Waals surface area (Å²) < 4.78 is 0. The molecule has 1 atom stereocenters. The molecule has 0 bridgehead atoms. The molecule has 1 heterocycles. The first-order valence-electron chi connectivity index (χ1n) is 9.11. The summed E-state index contributed by atoms with van der Waals surface area (Å²) in [5.41, 5.74) is 3.28. The van der Waals surface area contributed by atoms with Crippen LogP contribution in [0.1, 0.15) is 28.5 Å². The van der Waals surface area contributed by atoms with Gasteiger partial charge in [0.2, 0.25) is 0 Å². The molecule has 0 aliphatic rings. The summed E-state index contributed by atoms with van der Waals surface area (Å²) in [6.45, 7) is 3.66. The zero-order valence-electron chi connectivity index (χ0n) is 15.3. The van der Waals surface area contributed by atoms with E-state index < -0.39 is 11.6 Å². The van der Waals surface area contributed by atoms with Gasteiger partial charge in [0.05, 0.1) is 11.8 Å². The second-order valence-electron chi connectivity index (χ2n) is 6.57. The fraction of sp³-hybridized carbons (Fsp3) is 0.0833. The minimum absolute atomic E-state index is 0.565. The topological polar surface area (TPSA) is 45.1 Å². The van der Waals surface area contributed by atoms with Gasteiger partial charge in [-0.2, -0.15) is 0 Å². The zero-order valence-corrected chi connectivity index (χ0v) is 16.1. The average molecular weight is 386 g/mol. The van der Waals surface area contributed by atoms with E-state index in [1.54, 1.807) is 0 Å². The Morgan fingerprint density at radius 3 is 1.57 bits per heavy atom. The fourth-order valence-electron chi connectivity index (χ4n) is 3.44. The number of thiazole rings is 1. The van der Waals surface area contributed by atoms with Gasteiger partial charge in [0.25, 0.3) is 0 Å². The summed E-state index contributed by atoms with van der Waals surface area (Å²) in [6, 6.07) is 31.1. The van der Waals surface area contributed by atoms with Gasteiger partial charge in [-0.05, 0) is 23.6 Å². The fourth-order valence-corrected chi connectivity index (χ4v) is 4.25. The first-order valence-corrected chi connectivity index (χ1v) is 9.99. The van der Waals surface area contributed by atoms with E-state index in [0.29, 0.717) is 5.69 Å². The van der Waals surface area contributed by atoms with E-state index in [4.69, 9.17) is 0 Å². The van der Waals surface area contributed by atoms with Crippen LogP contribution in [-0.4, -0.2) is 10.1 Å². The van der Waals surface area contributed by atoms with E-state index in [9.17, 15) is 5.11 Å². The van der Waals surface area contributed by atoms with Gasteiger partial charge in [0.1, 0.15) is 5.54 Å². The van der Waals surface area contributed by atoms with Crippen molar-refractivity contribution < 1.29 is 5.11 Å². The molecule has 4 heteroatoms. The first-order chi connectivity index (χ1) is 13.7. The molecule has 139 valence electrons. The molecule has 1 aromatic heterocycles. The molecule has 3 aromatic carbocycles. The lowest BCUT2D eigenvalue weighted by atomic mass is 9.77. The molecule has 3 nitrogen and oxygen atoms in total. The monoisotopic (exact) mass is 385 g/mol. The van der Waals surface area contributed by atoms with Crippen LogP contribution in [0, 0.1) is 6.92 Å². The van der Waals surface area contributed by atoms with Gasteiger partial charge in [0, 0.05) is 5.38 Å². The summed E-state index contributed by atoms with van der Waals surface area (Å²) in [6.07, 6.45) is -0.841. The third-order valence-corrected chi connectivity index (χ3v) is 5.55. The predicted octanol–water partition coefficient (Wildman–Crippen LogP) is 5.41. The van der Waals surface area contributed by atoms with E-state index >= 15 is 0 Å². The van der Waals surface area contributed by atoms with Crippen molar-refractivity contribution in [3.63, 3.8) is 0 Å². The normalized spacial score (nSPS) is 12.5. The van der Waals surface area contributed by atoms with Crippen LogP contribution in [0.25, 0.3) is 0 Å². The van der Waals surface area contributed by atoms with Crippen LogP contribution in [0.3, 0.4) is 0 Å². The molecule has 1 radical (unpaired) electrons. The smallest absolute Gasteiger partial charge is 0.184 e. The maximum atomic E-state index is 9.79. The van der Waals surface area contributed by atoms with Crippen molar-refractivity contribution in [1.82, 2.24) is 4.98 Å². The van der Waals surface area contributed by atoms with E-state index in [2.05, 4.69) is 53.6 Å². The number of aromatic nitrogens is 1. The molecule has 2 N–H and O–H groups in total.